The molecule has 8 heteroatoms. The molecular formula is C13H13ClF2N4O. The molecule has 112 valence electrons. The van der Waals surface area contributed by atoms with Gasteiger partial charge in [-0.05, 0) is 6.92 Å². The van der Waals surface area contributed by atoms with Crippen molar-refractivity contribution in [3.63, 3.8) is 0 Å². The van der Waals surface area contributed by atoms with Gasteiger partial charge in [0.1, 0.15) is 28.9 Å². The third-order valence-electron chi connectivity index (χ3n) is 2.72. The zero-order chi connectivity index (χ0) is 15.6. The Morgan fingerprint density at radius 3 is 2.52 bits per heavy atom. The number of halogens is 3. The molecule has 1 aromatic carbocycles. The van der Waals surface area contributed by atoms with Gasteiger partial charge in [-0.1, -0.05) is 11.6 Å². The maximum Gasteiger partial charge on any atom is 0.145 e. The Morgan fingerprint density at radius 2 is 2.05 bits per heavy atom. The van der Waals surface area contributed by atoms with E-state index in [2.05, 4.69) is 5.10 Å². The fourth-order valence-electron chi connectivity index (χ4n) is 1.80. The van der Waals surface area contributed by atoms with Crippen LogP contribution in [-0.2, 0) is 6.54 Å². The predicted molar refractivity (Wildman–Crippen MR) is 74.9 cm³/mol. The number of nitrogen functional groups attached to an aromatic ring is 1. The van der Waals surface area contributed by atoms with Crippen LogP contribution in [0.25, 0.3) is 0 Å². The normalized spacial score (nSPS) is 10.7. The van der Waals surface area contributed by atoms with Gasteiger partial charge in [0, 0.05) is 23.9 Å². The Balaban J connectivity index is 2.31. The molecule has 0 amide bonds. The molecule has 0 aliphatic heterocycles. The van der Waals surface area contributed by atoms with Gasteiger partial charge in [-0.25, -0.2) is 8.78 Å². The predicted octanol–water partition coefficient (Wildman–Crippen LogP) is 2.55. The van der Waals surface area contributed by atoms with E-state index in [1.807, 2.05) is 0 Å². The second-order valence-corrected chi connectivity index (χ2v) is 4.64. The third-order valence-corrected chi connectivity index (χ3v) is 2.99. The van der Waals surface area contributed by atoms with Crippen molar-refractivity contribution in [3.8, 4) is 5.75 Å². The number of amidine groups is 1. The van der Waals surface area contributed by atoms with Crippen molar-refractivity contribution in [2.45, 2.75) is 13.5 Å². The maximum atomic E-state index is 13.9. The Morgan fingerprint density at radius 1 is 1.43 bits per heavy atom. The van der Waals surface area contributed by atoms with Gasteiger partial charge in [-0.15, -0.1) is 0 Å². The van der Waals surface area contributed by atoms with Gasteiger partial charge in [0.15, 0.2) is 0 Å². The van der Waals surface area contributed by atoms with E-state index < -0.39 is 11.6 Å². The first-order valence-electron chi connectivity index (χ1n) is 6.10. The molecule has 1 aromatic heterocycles. The minimum Gasteiger partial charge on any atom is -0.494 e. The van der Waals surface area contributed by atoms with E-state index in [-0.39, 0.29) is 34.4 Å². The van der Waals surface area contributed by atoms with Gasteiger partial charge >= 0.3 is 0 Å². The summed E-state index contributed by atoms with van der Waals surface area (Å²) in [5.41, 5.74) is 5.19. The molecule has 0 saturated carbocycles. The number of hydrogen-bond donors (Lipinski definition) is 2. The first-order chi connectivity index (χ1) is 9.92. The van der Waals surface area contributed by atoms with Crippen LogP contribution in [0, 0.1) is 17.0 Å². The Kier molecular flexibility index (Phi) is 4.42. The average molecular weight is 315 g/mol. The summed E-state index contributed by atoms with van der Waals surface area (Å²) >= 11 is 5.84. The van der Waals surface area contributed by atoms with Crippen LogP contribution < -0.4 is 10.5 Å². The summed E-state index contributed by atoms with van der Waals surface area (Å²) in [5, 5.41) is 11.3. The molecule has 1 heterocycles. The van der Waals surface area contributed by atoms with Gasteiger partial charge in [0.2, 0.25) is 0 Å². The van der Waals surface area contributed by atoms with Gasteiger partial charge in [-0.2, -0.15) is 5.10 Å². The van der Waals surface area contributed by atoms with Crippen LogP contribution in [0.2, 0.25) is 5.02 Å². The van der Waals surface area contributed by atoms with Crippen molar-refractivity contribution < 1.29 is 13.5 Å². The van der Waals surface area contributed by atoms with Crippen LogP contribution in [0.4, 0.5) is 8.78 Å². The standard InChI is InChI=1S/C13H13ClF2N4O/c1-2-21-7-3-10(15)8(11(16)4-7)5-20-6-9(14)12(19-20)13(17)18/h3-4,6H,2,5H2,1H3,(H3,17,18). The highest BCUT2D eigenvalue weighted by Gasteiger charge is 2.15. The minimum atomic E-state index is -0.741. The van der Waals surface area contributed by atoms with Gasteiger partial charge in [0.25, 0.3) is 0 Å². The molecule has 3 N–H and O–H groups in total. The minimum absolute atomic E-state index is 0.0726. The lowest BCUT2D eigenvalue weighted by Crippen LogP contribution is -2.13. The molecular weight excluding hydrogens is 302 g/mol. The lowest BCUT2D eigenvalue weighted by molar-refractivity contribution is 0.335. The molecule has 0 saturated heterocycles. The van der Waals surface area contributed by atoms with E-state index in [1.165, 1.54) is 10.9 Å². The Labute approximate surface area is 124 Å². The van der Waals surface area contributed by atoms with Crippen molar-refractivity contribution in [2.75, 3.05) is 6.61 Å². The molecule has 0 aliphatic carbocycles. The molecule has 0 bridgehead atoms. The van der Waals surface area contributed by atoms with E-state index in [0.717, 1.165) is 12.1 Å². The lowest BCUT2D eigenvalue weighted by atomic mass is 10.2. The monoisotopic (exact) mass is 314 g/mol. The zero-order valence-electron chi connectivity index (χ0n) is 11.2. The number of ether oxygens (including phenoxy) is 1. The number of aromatic nitrogens is 2. The fourth-order valence-corrected chi connectivity index (χ4v) is 2.06. The summed E-state index contributed by atoms with van der Waals surface area (Å²) in [7, 11) is 0. The number of hydrogen-bond acceptors (Lipinski definition) is 3. The van der Waals surface area contributed by atoms with Crippen LogP contribution in [0.3, 0.4) is 0 Å². The van der Waals surface area contributed by atoms with Gasteiger partial charge in [-0.3, -0.25) is 10.1 Å². The lowest BCUT2D eigenvalue weighted by Gasteiger charge is -2.09. The summed E-state index contributed by atoms with van der Waals surface area (Å²) in [4.78, 5) is 0. The van der Waals surface area contributed by atoms with Crippen molar-refractivity contribution in [3.05, 3.63) is 46.2 Å². The molecule has 2 aromatic rings. The first kappa shape index (κ1) is 15.2. The molecule has 0 atom stereocenters. The largest absolute Gasteiger partial charge is 0.494 e. The summed E-state index contributed by atoms with van der Waals surface area (Å²) in [6, 6.07) is 2.22. The zero-order valence-corrected chi connectivity index (χ0v) is 11.9. The smallest absolute Gasteiger partial charge is 0.145 e. The van der Waals surface area contributed by atoms with Crippen LogP contribution in [-0.4, -0.2) is 22.2 Å². The first-order valence-corrected chi connectivity index (χ1v) is 6.48. The van der Waals surface area contributed by atoms with E-state index in [1.54, 1.807) is 6.92 Å². The van der Waals surface area contributed by atoms with Gasteiger partial charge < -0.3 is 10.5 Å². The highest BCUT2D eigenvalue weighted by molar-refractivity contribution is 6.33. The van der Waals surface area contributed by atoms with E-state index in [9.17, 15) is 8.78 Å². The summed E-state index contributed by atoms with van der Waals surface area (Å²) < 4.78 is 34.1. The van der Waals surface area contributed by atoms with E-state index in [0.29, 0.717) is 6.61 Å². The molecule has 21 heavy (non-hydrogen) atoms. The SMILES string of the molecule is CCOc1cc(F)c(Cn2cc(Cl)c(C(=N)N)n2)c(F)c1. The average Bonchev–Trinajstić information content (AvgIpc) is 2.75. The summed E-state index contributed by atoms with van der Waals surface area (Å²) in [6.45, 7) is 1.87. The second kappa shape index (κ2) is 6.09. The number of rotatable bonds is 5. The summed E-state index contributed by atoms with van der Waals surface area (Å²) in [5.74, 6) is -1.67. The van der Waals surface area contributed by atoms with Crippen molar-refractivity contribution in [2.24, 2.45) is 5.73 Å². The van der Waals surface area contributed by atoms with Crippen molar-refractivity contribution in [1.29, 1.82) is 5.41 Å². The number of nitrogens with two attached hydrogens (primary N) is 1. The number of nitrogens with one attached hydrogen (secondary N) is 1. The van der Waals surface area contributed by atoms with Crippen LogP contribution >= 0.6 is 11.6 Å². The van der Waals surface area contributed by atoms with Crippen molar-refractivity contribution in [1.82, 2.24) is 9.78 Å². The van der Waals surface area contributed by atoms with Gasteiger partial charge in [0.05, 0.1) is 18.2 Å². The molecule has 5 nitrogen and oxygen atoms in total. The van der Waals surface area contributed by atoms with Crippen LogP contribution in [0.1, 0.15) is 18.2 Å². The highest BCUT2D eigenvalue weighted by Crippen LogP contribution is 2.22. The highest BCUT2D eigenvalue weighted by atomic mass is 35.5. The number of nitrogens with zero attached hydrogens (tertiary/aromatic N) is 2. The second-order valence-electron chi connectivity index (χ2n) is 4.24. The maximum absolute atomic E-state index is 13.9. The molecule has 0 radical (unpaired) electrons. The van der Waals surface area contributed by atoms with Crippen LogP contribution in [0.5, 0.6) is 5.75 Å². The van der Waals surface area contributed by atoms with E-state index >= 15 is 0 Å². The Bertz CT molecular complexity index is 664. The molecule has 0 fully saturated rings. The number of benzene rings is 1. The molecule has 2 rings (SSSR count). The fraction of sp³-hybridized carbons (Fsp3) is 0.231. The van der Waals surface area contributed by atoms with Crippen LogP contribution in [0.15, 0.2) is 18.3 Å². The molecule has 0 aliphatic rings. The quantitative estimate of drug-likeness (QED) is 0.657. The van der Waals surface area contributed by atoms with Crippen molar-refractivity contribution >= 4 is 17.4 Å². The third kappa shape index (κ3) is 3.30. The Hall–Kier alpha value is -2.15. The molecule has 0 unspecified atom stereocenters. The topological polar surface area (TPSA) is 76.9 Å². The molecule has 0 spiro atoms. The van der Waals surface area contributed by atoms with E-state index in [4.69, 9.17) is 27.5 Å². The summed E-state index contributed by atoms with van der Waals surface area (Å²) in [6.07, 6.45) is 1.35.